The summed E-state index contributed by atoms with van der Waals surface area (Å²) in [6.07, 6.45) is -4.44. The average molecular weight is 383 g/mol. The van der Waals surface area contributed by atoms with E-state index in [0.717, 1.165) is 15.2 Å². The maximum absolute atomic E-state index is 12.7. The molecule has 0 heterocycles. The molecule has 0 spiro atoms. The van der Waals surface area contributed by atoms with E-state index >= 15 is 0 Å². The van der Waals surface area contributed by atoms with Gasteiger partial charge in [0.2, 0.25) is 0 Å². The molecule has 0 atom stereocenters. The van der Waals surface area contributed by atoms with Crippen molar-refractivity contribution in [2.24, 2.45) is 0 Å². The van der Waals surface area contributed by atoms with Crippen LogP contribution in [0.3, 0.4) is 0 Å². The van der Waals surface area contributed by atoms with E-state index in [2.05, 4.69) is 22.6 Å². The highest BCUT2D eigenvalue weighted by Gasteiger charge is 2.33. The SMILES string of the molecule is FC(F)(F)c1cc(-c2cccc(I)c2)ccc1Cl. The molecule has 2 aromatic rings. The number of benzene rings is 2. The van der Waals surface area contributed by atoms with E-state index in [0.29, 0.717) is 5.56 Å². The van der Waals surface area contributed by atoms with E-state index in [1.807, 2.05) is 12.1 Å². The van der Waals surface area contributed by atoms with Crippen molar-refractivity contribution in [1.29, 1.82) is 0 Å². The Balaban J connectivity index is 2.54. The molecule has 0 nitrogen and oxygen atoms in total. The van der Waals surface area contributed by atoms with Crippen LogP contribution in [0.15, 0.2) is 42.5 Å². The van der Waals surface area contributed by atoms with Crippen molar-refractivity contribution < 1.29 is 13.2 Å². The van der Waals surface area contributed by atoms with Gasteiger partial charge in [0.15, 0.2) is 0 Å². The summed E-state index contributed by atoms with van der Waals surface area (Å²) in [4.78, 5) is 0. The van der Waals surface area contributed by atoms with Crippen LogP contribution < -0.4 is 0 Å². The van der Waals surface area contributed by atoms with Gasteiger partial charge < -0.3 is 0 Å². The summed E-state index contributed by atoms with van der Waals surface area (Å²) in [6.45, 7) is 0. The van der Waals surface area contributed by atoms with Gasteiger partial charge in [-0.15, -0.1) is 0 Å². The molecule has 5 heteroatoms. The summed E-state index contributed by atoms with van der Waals surface area (Å²) in [5.41, 5.74) is 0.440. The summed E-state index contributed by atoms with van der Waals surface area (Å²) in [7, 11) is 0. The van der Waals surface area contributed by atoms with E-state index in [4.69, 9.17) is 11.6 Å². The molecule has 0 aliphatic rings. The largest absolute Gasteiger partial charge is 0.417 e. The van der Waals surface area contributed by atoms with Crippen LogP contribution in [0.2, 0.25) is 5.02 Å². The number of alkyl halides is 3. The molecule has 94 valence electrons. The van der Waals surface area contributed by atoms with Crippen molar-refractivity contribution in [3.05, 3.63) is 56.6 Å². The van der Waals surface area contributed by atoms with Crippen LogP contribution in [-0.4, -0.2) is 0 Å². The molecule has 0 unspecified atom stereocenters. The molecular weight excluding hydrogens is 375 g/mol. The normalized spacial score (nSPS) is 11.6. The lowest BCUT2D eigenvalue weighted by Crippen LogP contribution is -2.05. The third-order valence-electron chi connectivity index (χ3n) is 2.43. The number of rotatable bonds is 1. The van der Waals surface area contributed by atoms with Crippen molar-refractivity contribution >= 4 is 34.2 Å². The molecule has 0 N–H and O–H groups in total. The molecule has 2 aromatic carbocycles. The van der Waals surface area contributed by atoms with Gasteiger partial charge in [-0.2, -0.15) is 13.2 Å². The van der Waals surface area contributed by atoms with Crippen molar-refractivity contribution in [1.82, 2.24) is 0 Å². The Morgan fingerprint density at radius 1 is 0.944 bits per heavy atom. The highest BCUT2D eigenvalue weighted by molar-refractivity contribution is 14.1. The minimum atomic E-state index is -4.44. The second-order valence-electron chi connectivity index (χ2n) is 3.70. The lowest BCUT2D eigenvalue weighted by molar-refractivity contribution is -0.137. The minimum Gasteiger partial charge on any atom is -0.166 e. The molecule has 0 fully saturated rings. The topological polar surface area (TPSA) is 0 Å². The zero-order chi connectivity index (χ0) is 13.3. The number of hydrogen-bond donors (Lipinski definition) is 0. The monoisotopic (exact) mass is 382 g/mol. The fraction of sp³-hybridized carbons (Fsp3) is 0.0769. The average Bonchev–Trinajstić information content (AvgIpc) is 2.28. The summed E-state index contributed by atoms with van der Waals surface area (Å²) < 4.78 is 39.2. The molecule has 0 aliphatic heterocycles. The van der Waals surface area contributed by atoms with Gasteiger partial charge in [0.25, 0.3) is 0 Å². The zero-order valence-electron chi connectivity index (χ0n) is 8.93. The molecule has 0 saturated heterocycles. The van der Waals surface area contributed by atoms with Crippen LogP contribution in [0.1, 0.15) is 5.56 Å². The maximum Gasteiger partial charge on any atom is 0.417 e. The van der Waals surface area contributed by atoms with Crippen LogP contribution in [0.25, 0.3) is 11.1 Å². The molecule has 0 radical (unpaired) electrons. The van der Waals surface area contributed by atoms with E-state index in [1.165, 1.54) is 6.07 Å². The zero-order valence-corrected chi connectivity index (χ0v) is 11.8. The summed E-state index contributed by atoms with van der Waals surface area (Å²) in [5.74, 6) is 0. The first-order valence-corrected chi connectivity index (χ1v) is 6.46. The quantitative estimate of drug-likeness (QED) is 0.561. The molecule has 0 aliphatic carbocycles. The maximum atomic E-state index is 12.7. The molecular formula is C13H7ClF3I. The van der Waals surface area contributed by atoms with Gasteiger partial charge >= 0.3 is 6.18 Å². The second-order valence-corrected chi connectivity index (χ2v) is 5.36. The van der Waals surface area contributed by atoms with Crippen LogP contribution in [0, 0.1) is 3.57 Å². The van der Waals surface area contributed by atoms with Crippen molar-refractivity contribution in [3.63, 3.8) is 0 Å². The summed E-state index contributed by atoms with van der Waals surface area (Å²) >= 11 is 7.69. The van der Waals surface area contributed by atoms with E-state index in [9.17, 15) is 13.2 Å². The smallest absolute Gasteiger partial charge is 0.166 e. The Labute approximate surface area is 121 Å². The van der Waals surface area contributed by atoms with Crippen LogP contribution in [-0.2, 0) is 6.18 Å². The lowest BCUT2D eigenvalue weighted by atomic mass is 10.0. The molecule has 0 amide bonds. The van der Waals surface area contributed by atoms with Crippen LogP contribution >= 0.6 is 34.2 Å². The van der Waals surface area contributed by atoms with Gasteiger partial charge in [-0.1, -0.05) is 29.8 Å². The van der Waals surface area contributed by atoms with E-state index in [-0.39, 0.29) is 5.02 Å². The summed E-state index contributed by atoms with van der Waals surface area (Å²) in [5, 5.41) is -0.281. The third kappa shape index (κ3) is 2.98. The van der Waals surface area contributed by atoms with Crippen LogP contribution in [0.5, 0.6) is 0 Å². The Bertz CT molecular complexity index is 579. The Hall–Kier alpha value is -0.750. The van der Waals surface area contributed by atoms with Crippen molar-refractivity contribution in [3.8, 4) is 11.1 Å². The molecule has 0 bridgehead atoms. The van der Waals surface area contributed by atoms with E-state index < -0.39 is 11.7 Å². The van der Waals surface area contributed by atoms with E-state index in [1.54, 1.807) is 18.2 Å². The first-order valence-electron chi connectivity index (χ1n) is 5.00. The number of hydrogen-bond acceptors (Lipinski definition) is 0. The first-order chi connectivity index (χ1) is 8.38. The van der Waals surface area contributed by atoms with Gasteiger partial charge in [-0.25, -0.2) is 0 Å². The van der Waals surface area contributed by atoms with Gasteiger partial charge in [0, 0.05) is 3.57 Å². The third-order valence-corrected chi connectivity index (χ3v) is 3.43. The molecule has 18 heavy (non-hydrogen) atoms. The fourth-order valence-electron chi connectivity index (χ4n) is 1.59. The van der Waals surface area contributed by atoms with Gasteiger partial charge in [-0.05, 0) is 58.0 Å². The second kappa shape index (κ2) is 5.09. The number of halogens is 5. The molecule has 0 aromatic heterocycles. The lowest BCUT2D eigenvalue weighted by Gasteiger charge is -2.11. The highest BCUT2D eigenvalue weighted by Crippen LogP contribution is 2.37. The van der Waals surface area contributed by atoms with Gasteiger partial charge in [0.1, 0.15) is 0 Å². The highest BCUT2D eigenvalue weighted by atomic mass is 127. The van der Waals surface area contributed by atoms with Crippen LogP contribution in [0.4, 0.5) is 13.2 Å². The Morgan fingerprint density at radius 3 is 2.22 bits per heavy atom. The summed E-state index contributed by atoms with van der Waals surface area (Å²) in [6, 6.07) is 11.2. The molecule has 2 rings (SSSR count). The Morgan fingerprint density at radius 2 is 1.61 bits per heavy atom. The van der Waals surface area contributed by atoms with Crippen molar-refractivity contribution in [2.75, 3.05) is 0 Å². The fourth-order valence-corrected chi connectivity index (χ4v) is 2.36. The Kier molecular flexibility index (Phi) is 3.87. The predicted octanol–water partition coefficient (Wildman–Crippen LogP) is 5.63. The van der Waals surface area contributed by atoms with Crippen molar-refractivity contribution in [2.45, 2.75) is 6.18 Å². The van der Waals surface area contributed by atoms with Gasteiger partial charge in [-0.3, -0.25) is 0 Å². The first kappa shape index (κ1) is 13.7. The molecule has 0 saturated carbocycles. The van der Waals surface area contributed by atoms with Gasteiger partial charge in [0.05, 0.1) is 10.6 Å². The standard InChI is InChI=1S/C13H7ClF3I/c14-12-5-4-9(7-11(12)13(15,16)17)8-2-1-3-10(18)6-8/h1-7H. The minimum absolute atomic E-state index is 0.281. The predicted molar refractivity (Wildman–Crippen MR) is 74.6 cm³/mol.